The fourth-order valence-electron chi connectivity index (χ4n) is 2.44. The van der Waals surface area contributed by atoms with Gasteiger partial charge in [0.2, 0.25) is 5.91 Å². The van der Waals surface area contributed by atoms with E-state index in [1.165, 1.54) is 5.56 Å². The van der Waals surface area contributed by atoms with Crippen LogP contribution in [0.15, 0.2) is 54.6 Å². The summed E-state index contributed by atoms with van der Waals surface area (Å²) < 4.78 is 5.00. The summed E-state index contributed by atoms with van der Waals surface area (Å²) in [7, 11) is 0. The Balaban J connectivity index is 1.74. The Morgan fingerprint density at radius 1 is 1.00 bits per heavy atom. The zero-order valence-corrected chi connectivity index (χ0v) is 14.5. The third-order valence-electron chi connectivity index (χ3n) is 3.64. The average molecular weight is 340 g/mol. The second-order valence-corrected chi connectivity index (χ2v) is 5.58. The van der Waals surface area contributed by atoms with Gasteiger partial charge in [-0.2, -0.15) is 0 Å². The summed E-state index contributed by atoms with van der Waals surface area (Å²) in [6.07, 6.45) is 1.93. The summed E-state index contributed by atoms with van der Waals surface area (Å²) in [6.45, 7) is 3.00. The van der Waals surface area contributed by atoms with E-state index >= 15 is 0 Å². The van der Waals surface area contributed by atoms with Gasteiger partial charge in [0.05, 0.1) is 24.4 Å². The van der Waals surface area contributed by atoms with Gasteiger partial charge < -0.3 is 15.4 Å². The third-order valence-corrected chi connectivity index (χ3v) is 3.64. The van der Waals surface area contributed by atoms with Crippen LogP contribution in [-0.4, -0.2) is 31.6 Å². The second kappa shape index (κ2) is 10.3. The maximum absolute atomic E-state index is 12.1. The maximum Gasteiger partial charge on any atom is 0.340 e. The van der Waals surface area contributed by atoms with Crippen LogP contribution in [0.25, 0.3) is 0 Å². The number of hydrogen-bond donors (Lipinski definition) is 2. The van der Waals surface area contributed by atoms with Crippen LogP contribution in [-0.2, 0) is 16.0 Å². The molecule has 5 heteroatoms. The molecule has 0 aliphatic heterocycles. The van der Waals surface area contributed by atoms with E-state index in [-0.39, 0.29) is 12.5 Å². The minimum absolute atomic E-state index is 0.184. The Hall–Kier alpha value is -2.66. The largest absolute Gasteiger partial charge is 0.462 e. The van der Waals surface area contributed by atoms with Gasteiger partial charge in [-0.1, -0.05) is 42.5 Å². The number of nitrogens with one attached hydrogen (secondary N) is 2. The number of aryl methyl sites for hydroxylation is 1. The third kappa shape index (κ3) is 6.39. The van der Waals surface area contributed by atoms with E-state index in [4.69, 9.17) is 4.74 Å². The fraction of sp³-hybridized carbons (Fsp3) is 0.300. The number of hydrogen-bond acceptors (Lipinski definition) is 4. The van der Waals surface area contributed by atoms with Crippen LogP contribution in [0.5, 0.6) is 0 Å². The van der Waals surface area contributed by atoms with Gasteiger partial charge in [0.15, 0.2) is 0 Å². The number of benzene rings is 2. The van der Waals surface area contributed by atoms with Gasteiger partial charge in [-0.15, -0.1) is 0 Å². The number of anilines is 1. The molecule has 0 aromatic heterocycles. The zero-order chi connectivity index (χ0) is 17.9. The van der Waals surface area contributed by atoms with E-state index in [0.717, 1.165) is 19.4 Å². The molecule has 2 aromatic carbocycles. The summed E-state index contributed by atoms with van der Waals surface area (Å²) in [5, 5.41) is 5.88. The molecule has 0 heterocycles. The Morgan fingerprint density at radius 2 is 1.72 bits per heavy atom. The Labute approximate surface area is 148 Å². The molecule has 132 valence electrons. The van der Waals surface area contributed by atoms with Crippen LogP contribution in [0.1, 0.15) is 29.3 Å². The second-order valence-electron chi connectivity index (χ2n) is 5.58. The smallest absolute Gasteiger partial charge is 0.340 e. The molecular weight excluding hydrogens is 316 g/mol. The molecule has 25 heavy (non-hydrogen) atoms. The molecule has 0 saturated heterocycles. The van der Waals surface area contributed by atoms with Crippen molar-refractivity contribution in [2.45, 2.75) is 19.8 Å². The lowest BCUT2D eigenvalue weighted by Crippen LogP contribution is -2.29. The zero-order valence-electron chi connectivity index (χ0n) is 14.5. The summed E-state index contributed by atoms with van der Waals surface area (Å²) in [4.78, 5) is 23.9. The Kier molecular flexibility index (Phi) is 7.66. The molecule has 0 atom stereocenters. The summed E-state index contributed by atoms with van der Waals surface area (Å²) >= 11 is 0. The first-order chi connectivity index (χ1) is 12.2. The first kappa shape index (κ1) is 18.7. The number of carbonyl (C=O) groups is 2. The topological polar surface area (TPSA) is 67.4 Å². The van der Waals surface area contributed by atoms with Crippen molar-refractivity contribution < 1.29 is 14.3 Å². The van der Waals surface area contributed by atoms with E-state index < -0.39 is 5.97 Å². The molecule has 0 spiro atoms. The lowest BCUT2D eigenvalue weighted by Gasteiger charge is -2.11. The molecule has 2 rings (SSSR count). The number of amides is 1. The van der Waals surface area contributed by atoms with Crippen molar-refractivity contribution in [3.63, 3.8) is 0 Å². The molecule has 1 amide bonds. The van der Waals surface area contributed by atoms with Gasteiger partial charge in [-0.25, -0.2) is 4.79 Å². The van der Waals surface area contributed by atoms with Crippen molar-refractivity contribution in [2.24, 2.45) is 0 Å². The number of ether oxygens (including phenoxy) is 1. The highest BCUT2D eigenvalue weighted by molar-refractivity contribution is 6.01. The van der Waals surface area contributed by atoms with Gasteiger partial charge in [0.25, 0.3) is 0 Å². The van der Waals surface area contributed by atoms with Crippen molar-refractivity contribution in [3.8, 4) is 0 Å². The lowest BCUT2D eigenvalue weighted by molar-refractivity contribution is -0.115. The van der Waals surface area contributed by atoms with E-state index in [1.807, 2.05) is 18.2 Å². The molecule has 0 radical (unpaired) electrons. The van der Waals surface area contributed by atoms with Crippen molar-refractivity contribution in [3.05, 3.63) is 65.7 Å². The van der Waals surface area contributed by atoms with E-state index in [2.05, 4.69) is 22.8 Å². The first-order valence-electron chi connectivity index (χ1n) is 8.51. The molecule has 5 nitrogen and oxygen atoms in total. The van der Waals surface area contributed by atoms with E-state index in [9.17, 15) is 9.59 Å². The summed E-state index contributed by atoms with van der Waals surface area (Å²) in [5.41, 5.74) is 2.12. The Bertz CT molecular complexity index is 686. The SMILES string of the molecule is CCOC(=O)c1ccccc1NC(=O)CNCCCc1ccccc1. The molecule has 0 fully saturated rings. The fourth-order valence-corrected chi connectivity index (χ4v) is 2.44. The molecule has 0 bridgehead atoms. The molecular formula is C20H24N2O3. The highest BCUT2D eigenvalue weighted by Crippen LogP contribution is 2.16. The number of para-hydroxylation sites is 1. The standard InChI is InChI=1S/C20H24N2O3/c1-2-25-20(24)17-12-6-7-13-18(17)22-19(23)15-21-14-8-11-16-9-4-3-5-10-16/h3-7,9-10,12-13,21H,2,8,11,14-15H2,1H3,(H,22,23). The molecule has 0 aliphatic rings. The molecule has 0 saturated carbocycles. The predicted molar refractivity (Wildman–Crippen MR) is 98.7 cm³/mol. The minimum Gasteiger partial charge on any atom is -0.462 e. The van der Waals surface area contributed by atoms with Gasteiger partial charge in [-0.05, 0) is 44.0 Å². The van der Waals surface area contributed by atoms with E-state index in [1.54, 1.807) is 31.2 Å². The van der Waals surface area contributed by atoms with Crippen molar-refractivity contribution >= 4 is 17.6 Å². The maximum atomic E-state index is 12.1. The van der Waals surface area contributed by atoms with E-state index in [0.29, 0.717) is 17.9 Å². The van der Waals surface area contributed by atoms with Gasteiger partial charge in [-0.3, -0.25) is 4.79 Å². The van der Waals surface area contributed by atoms with Gasteiger partial charge >= 0.3 is 5.97 Å². The Morgan fingerprint density at radius 3 is 2.48 bits per heavy atom. The van der Waals surface area contributed by atoms with Crippen molar-refractivity contribution in [2.75, 3.05) is 25.0 Å². The van der Waals surface area contributed by atoms with Crippen LogP contribution >= 0.6 is 0 Å². The van der Waals surface area contributed by atoms with Gasteiger partial charge in [0, 0.05) is 0 Å². The van der Waals surface area contributed by atoms with Crippen LogP contribution < -0.4 is 10.6 Å². The monoisotopic (exact) mass is 340 g/mol. The normalized spacial score (nSPS) is 10.3. The highest BCUT2D eigenvalue weighted by atomic mass is 16.5. The lowest BCUT2D eigenvalue weighted by atomic mass is 10.1. The number of rotatable bonds is 9. The highest BCUT2D eigenvalue weighted by Gasteiger charge is 2.13. The van der Waals surface area contributed by atoms with Crippen LogP contribution in [0.3, 0.4) is 0 Å². The van der Waals surface area contributed by atoms with Crippen LogP contribution in [0.2, 0.25) is 0 Å². The quantitative estimate of drug-likeness (QED) is 0.544. The van der Waals surface area contributed by atoms with Gasteiger partial charge in [0.1, 0.15) is 0 Å². The van der Waals surface area contributed by atoms with Crippen molar-refractivity contribution in [1.29, 1.82) is 0 Å². The summed E-state index contributed by atoms with van der Waals surface area (Å²) in [5.74, 6) is -0.620. The molecule has 2 N–H and O–H groups in total. The number of esters is 1. The number of carbonyl (C=O) groups excluding carboxylic acids is 2. The van der Waals surface area contributed by atoms with Crippen molar-refractivity contribution in [1.82, 2.24) is 5.32 Å². The van der Waals surface area contributed by atoms with Crippen LogP contribution in [0, 0.1) is 0 Å². The molecule has 0 unspecified atom stereocenters. The summed E-state index contributed by atoms with van der Waals surface area (Å²) in [6, 6.07) is 17.1. The predicted octanol–water partition coefficient (Wildman–Crippen LogP) is 3.02. The molecule has 2 aromatic rings. The minimum atomic E-state index is -0.436. The first-order valence-corrected chi connectivity index (χ1v) is 8.51. The van der Waals surface area contributed by atoms with Crippen LogP contribution in [0.4, 0.5) is 5.69 Å². The average Bonchev–Trinajstić information content (AvgIpc) is 2.63. The molecule has 0 aliphatic carbocycles.